The van der Waals surface area contributed by atoms with Gasteiger partial charge in [-0.2, -0.15) is 0 Å². The van der Waals surface area contributed by atoms with Gasteiger partial charge in [-0.15, -0.1) is 0 Å². The van der Waals surface area contributed by atoms with Crippen molar-refractivity contribution < 1.29 is 4.74 Å². The molecule has 98 valence electrons. The summed E-state index contributed by atoms with van der Waals surface area (Å²) < 4.78 is 5.41. The summed E-state index contributed by atoms with van der Waals surface area (Å²) in [4.78, 5) is 0. The molecule has 3 heteroatoms. The Morgan fingerprint density at radius 3 is 2.19 bits per heavy atom. The lowest BCUT2D eigenvalue weighted by Gasteiger charge is -2.24. The van der Waals surface area contributed by atoms with Crippen molar-refractivity contribution in [1.29, 1.82) is 0 Å². The molecule has 0 aliphatic rings. The Labute approximate surface area is 101 Å². The van der Waals surface area contributed by atoms with E-state index in [0.717, 1.165) is 12.8 Å². The molecule has 0 saturated carbocycles. The quantitative estimate of drug-likeness (QED) is 0.326. The summed E-state index contributed by atoms with van der Waals surface area (Å²) in [6.07, 6.45) is 10.4. The number of methoxy groups -OCH3 is 1. The highest BCUT2D eigenvalue weighted by Gasteiger charge is 2.17. The van der Waals surface area contributed by atoms with Gasteiger partial charge in [0.2, 0.25) is 0 Å². The molecule has 0 spiro atoms. The van der Waals surface area contributed by atoms with Crippen molar-refractivity contribution in [3.63, 3.8) is 0 Å². The fourth-order valence-electron chi connectivity index (χ4n) is 2.14. The molecule has 0 aliphatic carbocycles. The van der Waals surface area contributed by atoms with Crippen molar-refractivity contribution >= 4 is 0 Å². The minimum absolute atomic E-state index is 0.251. The normalized spacial score (nSPS) is 15.0. The second-order valence-electron chi connectivity index (χ2n) is 4.51. The van der Waals surface area contributed by atoms with Crippen molar-refractivity contribution in [3.05, 3.63) is 0 Å². The molecule has 0 bridgehead atoms. The first-order chi connectivity index (χ1) is 7.79. The summed E-state index contributed by atoms with van der Waals surface area (Å²) in [5, 5.41) is 0. The number of rotatable bonds is 11. The summed E-state index contributed by atoms with van der Waals surface area (Å²) in [5.41, 5.74) is 2.88. The maximum Gasteiger partial charge on any atom is 0.0735 e. The van der Waals surface area contributed by atoms with Gasteiger partial charge in [-0.25, -0.2) is 0 Å². The van der Waals surface area contributed by atoms with Crippen molar-refractivity contribution in [2.45, 2.75) is 77.4 Å². The number of unbranched alkanes of at least 4 members (excludes halogenated alkanes) is 5. The van der Waals surface area contributed by atoms with E-state index in [2.05, 4.69) is 19.3 Å². The lowest BCUT2D eigenvalue weighted by atomic mass is 10.0. The molecule has 16 heavy (non-hydrogen) atoms. The van der Waals surface area contributed by atoms with Crippen LogP contribution in [0.5, 0.6) is 0 Å². The predicted octanol–water partition coefficient (Wildman–Crippen LogP) is 2.99. The van der Waals surface area contributed by atoms with Gasteiger partial charge >= 0.3 is 0 Å². The minimum atomic E-state index is 0.251. The van der Waals surface area contributed by atoms with Crippen molar-refractivity contribution in [3.8, 4) is 0 Å². The van der Waals surface area contributed by atoms with Crippen LogP contribution in [0.4, 0.5) is 0 Å². The van der Waals surface area contributed by atoms with Gasteiger partial charge in [0, 0.05) is 13.2 Å². The average molecular weight is 230 g/mol. The maximum absolute atomic E-state index is 5.56. The van der Waals surface area contributed by atoms with Gasteiger partial charge < -0.3 is 4.74 Å². The second kappa shape index (κ2) is 11.4. The van der Waals surface area contributed by atoms with Gasteiger partial charge in [0.25, 0.3) is 0 Å². The van der Waals surface area contributed by atoms with Crippen LogP contribution in [0, 0.1) is 0 Å². The van der Waals surface area contributed by atoms with E-state index >= 15 is 0 Å². The first kappa shape index (κ1) is 15.9. The van der Waals surface area contributed by atoms with Crippen molar-refractivity contribution in [2.24, 2.45) is 5.84 Å². The lowest BCUT2D eigenvalue weighted by Crippen LogP contribution is -2.44. The highest BCUT2D eigenvalue weighted by Crippen LogP contribution is 2.12. The standard InChI is InChI=1S/C13H30N2O/c1-4-6-7-8-9-10-11-12(15-14)13(5-2)16-3/h12-13,15H,4-11,14H2,1-3H3. The maximum atomic E-state index is 5.56. The molecule has 0 amide bonds. The van der Waals surface area contributed by atoms with E-state index in [0.29, 0.717) is 6.04 Å². The molecule has 0 heterocycles. The molecule has 0 aromatic rings. The lowest BCUT2D eigenvalue weighted by molar-refractivity contribution is 0.0616. The van der Waals surface area contributed by atoms with Crippen LogP contribution in [0.3, 0.4) is 0 Å². The summed E-state index contributed by atoms with van der Waals surface area (Å²) in [6.45, 7) is 4.39. The van der Waals surface area contributed by atoms with Crippen LogP contribution in [-0.4, -0.2) is 19.3 Å². The van der Waals surface area contributed by atoms with E-state index in [1.807, 2.05) is 0 Å². The highest BCUT2D eigenvalue weighted by atomic mass is 16.5. The summed E-state index contributed by atoms with van der Waals surface area (Å²) >= 11 is 0. The third-order valence-electron chi connectivity index (χ3n) is 3.24. The number of nitrogens with one attached hydrogen (secondary N) is 1. The zero-order valence-corrected chi connectivity index (χ0v) is 11.3. The van der Waals surface area contributed by atoms with Crippen molar-refractivity contribution in [1.82, 2.24) is 5.43 Å². The first-order valence-corrected chi connectivity index (χ1v) is 6.79. The van der Waals surface area contributed by atoms with Gasteiger partial charge in [0.05, 0.1) is 6.10 Å². The van der Waals surface area contributed by atoms with Crippen molar-refractivity contribution in [2.75, 3.05) is 7.11 Å². The third-order valence-corrected chi connectivity index (χ3v) is 3.24. The van der Waals surface area contributed by atoms with Crippen LogP contribution < -0.4 is 11.3 Å². The number of hydrogen-bond acceptors (Lipinski definition) is 3. The number of hydrogen-bond donors (Lipinski definition) is 2. The molecule has 2 unspecified atom stereocenters. The molecule has 3 nitrogen and oxygen atoms in total. The van der Waals surface area contributed by atoms with Crippen LogP contribution >= 0.6 is 0 Å². The van der Waals surface area contributed by atoms with Crippen LogP contribution in [-0.2, 0) is 4.74 Å². The molecule has 0 aliphatic heterocycles. The minimum Gasteiger partial charge on any atom is -0.380 e. The smallest absolute Gasteiger partial charge is 0.0735 e. The van der Waals surface area contributed by atoms with E-state index in [9.17, 15) is 0 Å². The van der Waals surface area contributed by atoms with Gasteiger partial charge in [-0.3, -0.25) is 11.3 Å². The van der Waals surface area contributed by atoms with E-state index in [-0.39, 0.29) is 6.10 Å². The van der Waals surface area contributed by atoms with Gasteiger partial charge in [0.1, 0.15) is 0 Å². The Morgan fingerprint density at radius 1 is 1.06 bits per heavy atom. The molecular formula is C13H30N2O. The molecule has 3 N–H and O–H groups in total. The monoisotopic (exact) mass is 230 g/mol. The Hall–Kier alpha value is -0.120. The predicted molar refractivity (Wildman–Crippen MR) is 70.2 cm³/mol. The molecule has 2 atom stereocenters. The summed E-state index contributed by atoms with van der Waals surface area (Å²) in [7, 11) is 1.76. The summed E-state index contributed by atoms with van der Waals surface area (Å²) in [5.74, 6) is 5.56. The third kappa shape index (κ3) is 7.20. The molecule has 0 radical (unpaired) electrons. The van der Waals surface area contributed by atoms with E-state index in [4.69, 9.17) is 10.6 Å². The molecule has 0 saturated heterocycles. The van der Waals surface area contributed by atoms with Gasteiger partial charge in [-0.1, -0.05) is 52.4 Å². The van der Waals surface area contributed by atoms with Crippen LogP contribution in [0.15, 0.2) is 0 Å². The first-order valence-electron chi connectivity index (χ1n) is 6.79. The van der Waals surface area contributed by atoms with Gasteiger partial charge in [-0.05, 0) is 12.8 Å². The number of nitrogens with two attached hydrogens (primary N) is 1. The van der Waals surface area contributed by atoms with Gasteiger partial charge in [0.15, 0.2) is 0 Å². The Balaban J connectivity index is 3.54. The zero-order chi connectivity index (χ0) is 12.2. The molecular weight excluding hydrogens is 200 g/mol. The van der Waals surface area contributed by atoms with Crippen LogP contribution in [0.25, 0.3) is 0 Å². The van der Waals surface area contributed by atoms with Crippen LogP contribution in [0.2, 0.25) is 0 Å². The second-order valence-corrected chi connectivity index (χ2v) is 4.51. The van der Waals surface area contributed by atoms with E-state index in [1.165, 1.54) is 38.5 Å². The molecule has 0 aromatic heterocycles. The van der Waals surface area contributed by atoms with E-state index in [1.54, 1.807) is 7.11 Å². The average Bonchev–Trinajstić information content (AvgIpc) is 2.32. The van der Waals surface area contributed by atoms with Crippen LogP contribution in [0.1, 0.15) is 65.2 Å². The SMILES string of the molecule is CCCCCCCCC(NN)C(CC)OC. The largest absolute Gasteiger partial charge is 0.380 e. The molecule has 0 aromatic carbocycles. The molecule has 0 fully saturated rings. The zero-order valence-electron chi connectivity index (χ0n) is 11.3. The Bertz CT molecular complexity index is 138. The highest BCUT2D eigenvalue weighted by molar-refractivity contribution is 4.73. The fraction of sp³-hybridized carbons (Fsp3) is 1.00. The number of hydrazine groups is 1. The summed E-state index contributed by atoms with van der Waals surface area (Å²) in [6, 6.07) is 0.307. The number of ether oxygens (including phenoxy) is 1. The Morgan fingerprint density at radius 2 is 1.69 bits per heavy atom. The topological polar surface area (TPSA) is 47.3 Å². The van der Waals surface area contributed by atoms with E-state index < -0.39 is 0 Å². The molecule has 0 rings (SSSR count). The fourth-order valence-corrected chi connectivity index (χ4v) is 2.14. The Kier molecular flexibility index (Phi) is 11.3.